The van der Waals surface area contributed by atoms with Crippen LogP contribution in [0, 0.1) is 11.8 Å². The molecule has 1 saturated carbocycles. The van der Waals surface area contributed by atoms with Crippen LogP contribution in [0.3, 0.4) is 0 Å². The number of rotatable bonds is 1. The molecular weight excluding hydrogens is 208 g/mol. The van der Waals surface area contributed by atoms with Crippen molar-refractivity contribution in [3.8, 4) is 0 Å². The second kappa shape index (κ2) is 3.94. The molecule has 0 aromatic heterocycles. The third kappa shape index (κ3) is 1.83. The fraction of sp³-hybridized carbons (Fsp3) is 1.00. The Labute approximate surface area is 95.8 Å². The Hall–Kier alpha value is 0.270. The van der Waals surface area contributed by atoms with Gasteiger partial charge in [-0.2, -0.15) is 11.8 Å². The standard InChI is InChI=1S/C12H20O2S/c13-11-8-15-7-10(11)9-2-5-14-12(6-9)3-1-4-12/h9-11,13H,1-8H2. The van der Waals surface area contributed by atoms with Gasteiger partial charge in [-0.1, -0.05) is 0 Å². The van der Waals surface area contributed by atoms with Crippen LogP contribution >= 0.6 is 11.8 Å². The van der Waals surface area contributed by atoms with Crippen molar-refractivity contribution in [2.24, 2.45) is 11.8 Å². The summed E-state index contributed by atoms with van der Waals surface area (Å²) in [5, 5.41) is 9.94. The summed E-state index contributed by atoms with van der Waals surface area (Å²) in [5.41, 5.74) is 0.246. The maximum absolute atomic E-state index is 9.94. The van der Waals surface area contributed by atoms with E-state index in [4.69, 9.17) is 4.74 Å². The van der Waals surface area contributed by atoms with Crippen LogP contribution in [0.25, 0.3) is 0 Å². The largest absolute Gasteiger partial charge is 0.392 e. The minimum atomic E-state index is -0.0461. The summed E-state index contributed by atoms with van der Waals surface area (Å²) in [6, 6.07) is 0. The lowest BCUT2D eigenvalue weighted by molar-refractivity contribution is -0.152. The molecule has 2 nitrogen and oxygen atoms in total. The molecular formula is C12H20O2S. The van der Waals surface area contributed by atoms with Gasteiger partial charge < -0.3 is 9.84 Å². The lowest BCUT2D eigenvalue weighted by Crippen LogP contribution is -2.48. The molecule has 0 aromatic carbocycles. The molecule has 2 saturated heterocycles. The normalized spacial score (nSPS) is 44.2. The van der Waals surface area contributed by atoms with Gasteiger partial charge in [0.05, 0.1) is 11.7 Å². The van der Waals surface area contributed by atoms with E-state index in [-0.39, 0.29) is 11.7 Å². The van der Waals surface area contributed by atoms with Gasteiger partial charge in [-0.15, -0.1) is 0 Å². The molecule has 2 heterocycles. The van der Waals surface area contributed by atoms with E-state index in [1.54, 1.807) is 0 Å². The van der Waals surface area contributed by atoms with Gasteiger partial charge in [0.1, 0.15) is 0 Å². The summed E-state index contributed by atoms with van der Waals surface area (Å²) in [7, 11) is 0. The third-order valence-corrected chi connectivity index (χ3v) is 5.69. The van der Waals surface area contributed by atoms with E-state index < -0.39 is 0 Å². The van der Waals surface area contributed by atoms with Gasteiger partial charge in [0.2, 0.25) is 0 Å². The van der Waals surface area contributed by atoms with E-state index in [0.29, 0.717) is 5.92 Å². The summed E-state index contributed by atoms with van der Waals surface area (Å²) in [5.74, 6) is 3.40. The van der Waals surface area contributed by atoms with Gasteiger partial charge >= 0.3 is 0 Å². The first-order valence-corrected chi connectivity index (χ1v) is 7.34. The van der Waals surface area contributed by atoms with Gasteiger partial charge in [-0.3, -0.25) is 0 Å². The average molecular weight is 228 g/mol. The minimum absolute atomic E-state index is 0.0461. The van der Waals surface area contributed by atoms with Crippen LogP contribution in [0.2, 0.25) is 0 Å². The fourth-order valence-corrected chi connectivity index (χ4v) is 4.75. The van der Waals surface area contributed by atoms with E-state index >= 15 is 0 Å². The summed E-state index contributed by atoms with van der Waals surface area (Å²) < 4.78 is 5.94. The first-order valence-electron chi connectivity index (χ1n) is 6.19. The number of aliphatic hydroxyl groups excluding tert-OH is 1. The van der Waals surface area contributed by atoms with Crippen LogP contribution in [-0.2, 0) is 4.74 Å². The van der Waals surface area contributed by atoms with Crippen molar-refractivity contribution in [2.45, 2.75) is 43.8 Å². The molecule has 3 aliphatic rings. The third-order valence-electron chi connectivity index (χ3n) is 4.49. The second-order valence-corrected chi connectivity index (χ2v) is 6.48. The molecule has 1 N–H and O–H groups in total. The van der Waals surface area contributed by atoms with Crippen LogP contribution in [0.15, 0.2) is 0 Å². The molecule has 0 aromatic rings. The van der Waals surface area contributed by atoms with E-state index in [1.807, 2.05) is 11.8 Å². The Morgan fingerprint density at radius 2 is 2.13 bits per heavy atom. The molecule has 3 unspecified atom stereocenters. The minimum Gasteiger partial charge on any atom is -0.392 e. The van der Waals surface area contributed by atoms with E-state index in [2.05, 4.69) is 0 Å². The average Bonchev–Trinajstić information content (AvgIpc) is 2.62. The lowest BCUT2D eigenvalue weighted by atomic mass is 9.68. The Bertz CT molecular complexity index is 240. The first kappa shape index (κ1) is 10.4. The molecule has 3 atom stereocenters. The van der Waals surface area contributed by atoms with Crippen LogP contribution in [-0.4, -0.2) is 34.9 Å². The van der Waals surface area contributed by atoms with Gasteiger partial charge in [0, 0.05) is 12.4 Å². The lowest BCUT2D eigenvalue weighted by Gasteiger charge is -2.48. The first-order chi connectivity index (χ1) is 7.29. The molecule has 3 heteroatoms. The van der Waals surface area contributed by atoms with Crippen molar-refractivity contribution in [1.29, 1.82) is 0 Å². The quantitative estimate of drug-likeness (QED) is 0.745. The SMILES string of the molecule is OC1CSCC1C1CCOC2(CCC2)C1. The number of aliphatic hydroxyl groups is 1. The Morgan fingerprint density at radius 1 is 1.27 bits per heavy atom. The van der Waals surface area contributed by atoms with Gasteiger partial charge in [0.15, 0.2) is 0 Å². The molecule has 3 rings (SSSR count). The Kier molecular flexibility index (Phi) is 2.74. The number of thioether (sulfide) groups is 1. The molecule has 1 aliphatic carbocycles. The van der Waals surface area contributed by atoms with Gasteiger partial charge in [-0.25, -0.2) is 0 Å². The zero-order valence-corrected chi connectivity index (χ0v) is 9.97. The maximum atomic E-state index is 9.94. The van der Waals surface area contributed by atoms with Gasteiger partial charge in [0.25, 0.3) is 0 Å². The van der Waals surface area contributed by atoms with Crippen molar-refractivity contribution in [3.05, 3.63) is 0 Å². The van der Waals surface area contributed by atoms with Crippen molar-refractivity contribution in [2.75, 3.05) is 18.1 Å². The predicted molar refractivity (Wildman–Crippen MR) is 62.1 cm³/mol. The fourth-order valence-electron chi connectivity index (χ4n) is 3.36. The van der Waals surface area contributed by atoms with Crippen LogP contribution in [0.1, 0.15) is 32.1 Å². The number of ether oxygens (including phenoxy) is 1. The van der Waals surface area contributed by atoms with Crippen LogP contribution in [0.5, 0.6) is 0 Å². The van der Waals surface area contributed by atoms with Gasteiger partial charge in [-0.05, 0) is 49.7 Å². The van der Waals surface area contributed by atoms with Crippen LogP contribution < -0.4 is 0 Å². The molecule has 0 radical (unpaired) electrons. The Morgan fingerprint density at radius 3 is 2.73 bits per heavy atom. The zero-order valence-electron chi connectivity index (χ0n) is 9.15. The molecule has 15 heavy (non-hydrogen) atoms. The number of hydrogen-bond donors (Lipinski definition) is 1. The van der Waals surface area contributed by atoms with E-state index in [9.17, 15) is 5.11 Å². The highest BCUT2D eigenvalue weighted by Gasteiger charge is 2.46. The summed E-state index contributed by atoms with van der Waals surface area (Å²) in [4.78, 5) is 0. The molecule has 0 bridgehead atoms. The van der Waals surface area contributed by atoms with E-state index in [0.717, 1.165) is 18.3 Å². The monoisotopic (exact) mass is 228 g/mol. The number of hydrogen-bond acceptors (Lipinski definition) is 3. The van der Waals surface area contributed by atoms with Crippen LogP contribution in [0.4, 0.5) is 0 Å². The highest BCUT2D eigenvalue weighted by molar-refractivity contribution is 7.99. The smallest absolute Gasteiger partial charge is 0.0685 e. The molecule has 2 aliphatic heterocycles. The maximum Gasteiger partial charge on any atom is 0.0685 e. The van der Waals surface area contributed by atoms with Crippen molar-refractivity contribution >= 4 is 11.8 Å². The summed E-state index contributed by atoms with van der Waals surface area (Å²) in [6.45, 7) is 0.929. The van der Waals surface area contributed by atoms with Crippen molar-refractivity contribution < 1.29 is 9.84 Å². The molecule has 86 valence electrons. The molecule has 3 fully saturated rings. The summed E-state index contributed by atoms with van der Waals surface area (Å²) >= 11 is 1.92. The zero-order chi connectivity index (χ0) is 10.3. The highest BCUT2D eigenvalue weighted by atomic mass is 32.2. The topological polar surface area (TPSA) is 29.5 Å². The summed E-state index contributed by atoms with van der Waals surface area (Å²) in [6.07, 6.45) is 6.21. The Balaban J connectivity index is 1.65. The molecule has 0 amide bonds. The van der Waals surface area contributed by atoms with Crippen molar-refractivity contribution in [3.63, 3.8) is 0 Å². The predicted octanol–water partition coefficient (Wildman–Crippen LogP) is 2.06. The highest BCUT2D eigenvalue weighted by Crippen LogP contribution is 2.47. The van der Waals surface area contributed by atoms with Crippen molar-refractivity contribution in [1.82, 2.24) is 0 Å². The molecule has 1 spiro atoms. The second-order valence-electron chi connectivity index (χ2n) is 5.41. The van der Waals surface area contributed by atoms with E-state index in [1.165, 1.54) is 37.9 Å².